The molecule has 4 nitrogen and oxygen atoms in total. The second-order valence-corrected chi connectivity index (χ2v) is 4.48. The van der Waals surface area contributed by atoms with Gasteiger partial charge < -0.3 is 10.6 Å². The Hall–Kier alpha value is -2.07. The number of rotatable bonds is 5. The van der Waals surface area contributed by atoms with Gasteiger partial charge in [0.1, 0.15) is 0 Å². The maximum Gasteiger partial charge on any atom is 0.151 e. The summed E-state index contributed by atoms with van der Waals surface area (Å²) in [6.07, 6.45) is 2.16. The first-order valence-electron chi connectivity index (χ1n) is 5.94. The smallest absolute Gasteiger partial charge is 0.151 e. The number of hydrogen-bond acceptors (Lipinski definition) is 3. The van der Waals surface area contributed by atoms with E-state index in [0.29, 0.717) is 23.8 Å². The van der Waals surface area contributed by atoms with Crippen LogP contribution >= 0.6 is 11.6 Å². The van der Waals surface area contributed by atoms with Crippen LogP contribution in [0.5, 0.6) is 0 Å². The van der Waals surface area contributed by atoms with E-state index >= 15 is 0 Å². The van der Waals surface area contributed by atoms with E-state index < -0.39 is 0 Å². The van der Waals surface area contributed by atoms with Crippen LogP contribution in [0.3, 0.4) is 0 Å². The highest BCUT2D eigenvalue weighted by atomic mass is 35.5. The summed E-state index contributed by atoms with van der Waals surface area (Å²) in [5, 5.41) is 7.94. The SMILES string of the molecule is N=C(N)CCN(c1ccccc1)c1ncccc1Cl. The molecular weight excluding hydrogens is 260 g/mol. The van der Waals surface area contributed by atoms with Crippen molar-refractivity contribution in [2.24, 2.45) is 5.73 Å². The van der Waals surface area contributed by atoms with Crippen LogP contribution in [-0.4, -0.2) is 17.4 Å². The number of pyridine rings is 1. The molecule has 2 rings (SSSR count). The Kier molecular flexibility index (Phi) is 4.36. The molecule has 0 amide bonds. The summed E-state index contributed by atoms with van der Waals surface area (Å²) >= 11 is 6.20. The summed E-state index contributed by atoms with van der Waals surface area (Å²) in [5.74, 6) is 0.824. The third kappa shape index (κ3) is 3.45. The molecule has 0 fully saturated rings. The summed E-state index contributed by atoms with van der Waals surface area (Å²) in [7, 11) is 0. The van der Waals surface area contributed by atoms with Gasteiger partial charge in [-0.2, -0.15) is 0 Å². The molecule has 5 heteroatoms. The molecule has 0 spiro atoms. The Balaban J connectivity index is 2.35. The van der Waals surface area contributed by atoms with Crippen molar-refractivity contribution in [1.82, 2.24) is 4.98 Å². The van der Waals surface area contributed by atoms with Crippen LogP contribution in [0.25, 0.3) is 0 Å². The molecule has 0 atom stereocenters. The normalized spacial score (nSPS) is 10.2. The molecular formula is C14H15ClN4. The van der Waals surface area contributed by atoms with Crippen molar-refractivity contribution in [3.63, 3.8) is 0 Å². The Morgan fingerprint density at radius 1 is 1.21 bits per heavy atom. The zero-order valence-electron chi connectivity index (χ0n) is 10.4. The molecule has 19 heavy (non-hydrogen) atoms. The average Bonchev–Trinajstić information content (AvgIpc) is 2.42. The molecule has 1 aromatic heterocycles. The molecule has 0 saturated carbocycles. The zero-order valence-corrected chi connectivity index (χ0v) is 11.1. The second-order valence-electron chi connectivity index (χ2n) is 4.07. The molecule has 0 unspecified atom stereocenters. The van der Waals surface area contributed by atoms with Crippen LogP contribution in [0.1, 0.15) is 6.42 Å². The summed E-state index contributed by atoms with van der Waals surface area (Å²) in [4.78, 5) is 6.28. The number of amidine groups is 1. The highest BCUT2D eigenvalue weighted by Crippen LogP contribution is 2.29. The van der Waals surface area contributed by atoms with Gasteiger partial charge in [0.05, 0.1) is 10.9 Å². The van der Waals surface area contributed by atoms with Gasteiger partial charge in [-0.25, -0.2) is 4.98 Å². The molecule has 1 heterocycles. The first-order chi connectivity index (χ1) is 9.18. The maximum absolute atomic E-state index is 7.36. The number of hydrogen-bond donors (Lipinski definition) is 2. The van der Waals surface area contributed by atoms with Gasteiger partial charge >= 0.3 is 0 Å². The number of nitrogens with zero attached hydrogens (tertiary/aromatic N) is 2. The van der Waals surface area contributed by atoms with Gasteiger partial charge in [0.2, 0.25) is 0 Å². The lowest BCUT2D eigenvalue weighted by Crippen LogP contribution is -2.24. The third-order valence-electron chi connectivity index (χ3n) is 2.67. The third-order valence-corrected chi connectivity index (χ3v) is 2.96. The molecule has 0 bridgehead atoms. The molecule has 3 N–H and O–H groups in total. The van der Waals surface area contributed by atoms with Crippen molar-refractivity contribution in [2.75, 3.05) is 11.4 Å². The summed E-state index contributed by atoms with van der Waals surface area (Å²) in [6.45, 7) is 0.566. The Bertz CT molecular complexity index is 556. The lowest BCUT2D eigenvalue weighted by molar-refractivity contribution is 0.932. The minimum atomic E-state index is 0.146. The average molecular weight is 275 g/mol. The zero-order chi connectivity index (χ0) is 13.7. The van der Waals surface area contributed by atoms with Crippen LogP contribution in [0.4, 0.5) is 11.5 Å². The van der Waals surface area contributed by atoms with Gasteiger partial charge in [-0.1, -0.05) is 29.8 Å². The molecule has 0 saturated heterocycles. The predicted octanol–water partition coefficient (Wildman–Crippen LogP) is 3.20. The standard InChI is InChI=1S/C14H15ClN4/c15-12-7-4-9-18-14(12)19(10-8-13(16)17)11-5-2-1-3-6-11/h1-7,9H,8,10H2,(H3,16,17). The van der Waals surface area contributed by atoms with Crippen molar-refractivity contribution >= 4 is 28.9 Å². The van der Waals surface area contributed by atoms with Crippen LogP contribution in [0, 0.1) is 5.41 Å². The van der Waals surface area contributed by atoms with E-state index in [-0.39, 0.29) is 5.84 Å². The van der Waals surface area contributed by atoms with E-state index in [1.54, 1.807) is 18.3 Å². The number of benzene rings is 1. The fraction of sp³-hybridized carbons (Fsp3) is 0.143. The molecule has 0 aliphatic heterocycles. The van der Waals surface area contributed by atoms with Crippen molar-refractivity contribution in [3.8, 4) is 0 Å². The van der Waals surface area contributed by atoms with E-state index in [4.69, 9.17) is 22.7 Å². The Morgan fingerprint density at radius 2 is 1.95 bits per heavy atom. The van der Waals surface area contributed by atoms with E-state index in [1.165, 1.54) is 0 Å². The van der Waals surface area contributed by atoms with Crippen molar-refractivity contribution in [3.05, 3.63) is 53.7 Å². The van der Waals surface area contributed by atoms with Gasteiger partial charge in [-0.15, -0.1) is 0 Å². The minimum absolute atomic E-state index is 0.146. The molecule has 2 aromatic rings. The topological polar surface area (TPSA) is 66.0 Å². The Morgan fingerprint density at radius 3 is 2.58 bits per heavy atom. The van der Waals surface area contributed by atoms with Crippen molar-refractivity contribution < 1.29 is 0 Å². The molecule has 0 radical (unpaired) electrons. The maximum atomic E-state index is 7.36. The van der Waals surface area contributed by atoms with E-state index in [9.17, 15) is 0 Å². The summed E-state index contributed by atoms with van der Waals surface area (Å²) < 4.78 is 0. The summed E-state index contributed by atoms with van der Waals surface area (Å²) in [6, 6.07) is 13.4. The number of nitrogens with one attached hydrogen (secondary N) is 1. The van der Waals surface area contributed by atoms with Crippen LogP contribution in [0.2, 0.25) is 5.02 Å². The first-order valence-corrected chi connectivity index (χ1v) is 6.32. The molecule has 1 aromatic carbocycles. The fourth-order valence-corrected chi connectivity index (χ4v) is 2.00. The number of aromatic nitrogens is 1. The van der Waals surface area contributed by atoms with Gasteiger partial charge in [-0.3, -0.25) is 5.41 Å². The van der Waals surface area contributed by atoms with Crippen LogP contribution < -0.4 is 10.6 Å². The highest BCUT2D eigenvalue weighted by Gasteiger charge is 2.13. The van der Waals surface area contributed by atoms with E-state index in [0.717, 1.165) is 5.69 Å². The first kappa shape index (κ1) is 13.4. The second kappa shape index (κ2) is 6.20. The van der Waals surface area contributed by atoms with Crippen molar-refractivity contribution in [2.45, 2.75) is 6.42 Å². The fourth-order valence-electron chi connectivity index (χ4n) is 1.77. The van der Waals surface area contributed by atoms with Gasteiger partial charge in [0, 0.05) is 24.8 Å². The monoisotopic (exact) mass is 274 g/mol. The Labute approximate surface area is 117 Å². The van der Waals surface area contributed by atoms with E-state index in [1.807, 2.05) is 35.2 Å². The lowest BCUT2D eigenvalue weighted by Gasteiger charge is -2.24. The molecule has 0 aliphatic rings. The number of para-hydroxylation sites is 1. The molecule has 98 valence electrons. The van der Waals surface area contributed by atoms with Gasteiger partial charge in [0.15, 0.2) is 5.82 Å². The quantitative estimate of drug-likeness (QED) is 0.650. The number of halogens is 1. The number of nitrogens with two attached hydrogens (primary N) is 1. The predicted molar refractivity (Wildman–Crippen MR) is 79.2 cm³/mol. The number of anilines is 2. The van der Waals surface area contributed by atoms with Crippen molar-refractivity contribution in [1.29, 1.82) is 5.41 Å². The van der Waals surface area contributed by atoms with Gasteiger partial charge in [0.25, 0.3) is 0 Å². The minimum Gasteiger partial charge on any atom is -0.388 e. The molecule has 0 aliphatic carbocycles. The summed E-state index contributed by atoms with van der Waals surface area (Å²) in [5.41, 5.74) is 6.41. The van der Waals surface area contributed by atoms with Crippen LogP contribution in [-0.2, 0) is 0 Å². The van der Waals surface area contributed by atoms with Gasteiger partial charge in [-0.05, 0) is 24.3 Å². The lowest BCUT2D eigenvalue weighted by atomic mass is 10.2. The van der Waals surface area contributed by atoms with E-state index in [2.05, 4.69) is 4.98 Å². The largest absolute Gasteiger partial charge is 0.388 e. The van der Waals surface area contributed by atoms with Crippen LogP contribution in [0.15, 0.2) is 48.7 Å². The highest BCUT2D eigenvalue weighted by molar-refractivity contribution is 6.33.